The normalized spacial score (nSPS) is 14.7. The SMILES string of the molecule is O=C(NC1CCCC1)c1ccc(Nc2ccc(F)c(F)c2)nn1. The molecular formula is C16H16F2N4O. The lowest BCUT2D eigenvalue weighted by molar-refractivity contribution is 0.0932. The predicted octanol–water partition coefficient (Wildman–Crippen LogP) is 3.17. The summed E-state index contributed by atoms with van der Waals surface area (Å²) in [6.45, 7) is 0. The van der Waals surface area contributed by atoms with E-state index in [9.17, 15) is 13.6 Å². The largest absolute Gasteiger partial charge is 0.348 e. The molecule has 3 rings (SSSR count). The molecule has 0 bridgehead atoms. The molecule has 2 aromatic rings. The van der Waals surface area contributed by atoms with Gasteiger partial charge in [0.15, 0.2) is 23.1 Å². The van der Waals surface area contributed by atoms with Gasteiger partial charge in [0.25, 0.3) is 5.91 Å². The van der Waals surface area contributed by atoms with Gasteiger partial charge in [-0.1, -0.05) is 12.8 Å². The lowest BCUT2D eigenvalue weighted by Gasteiger charge is -2.11. The van der Waals surface area contributed by atoms with Crippen LogP contribution in [-0.2, 0) is 0 Å². The maximum Gasteiger partial charge on any atom is 0.272 e. The Balaban J connectivity index is 1.64. The fraction of sp³-hybridized carbons (Fsp3) is 0.312. The number of rotatable bonds is 4. The second kappa shape index (κ2) is 6.68. The Labute approximate surface area is 132 Å². The lowest BCUT2D eigenvalue weighted by atomic mass is 10.2. The van der Waals surface area contributed by atoms with E-state index in [1.165, 1.54) is 6.07 Å². The number of amides is 1. The molecule has 1 saturated carbocycles. The summed E-state index contributed by atoms with van der Waals surface area (Å²) in [6, 6.07) is 6.76. The fourth-order valence-corrected chi connectivity index (χ4v) is 2.57. The highest BCUT2D eigenvalue weighted by atomic mass is 19.2. The Morgan fingerprint density at radius 3 is 2.48 bits per heavy atom. The van der Waals surface area contributed by atoms with Crippen molar-refractivity contribution in [3.05, 3.63) is 47.7 Å². The Kier molecular flexibility index (Phi) is 4.45. The summed E-state index contributed by atoms with van der Waals surface area (Å²) >= 11 is 0. The predicted molar refractivity (Wildman–Crippen MR) is 81.4 cm³/mol. The number of halogens is 2. The quantitative estimate of drug-likeness (QED) is 0.908. The van der Waals surface area contributed by atoms with Crippen LogP contribution in [0.4, 0.5) is 20.3 Å². The smallest absolute Gasteiger partial charge is 0.272 e. The van der Waals surface area contributed by atoms with Gasteiger partial charge in [-0.05, 0) is 37.1 Å². The molecule has 23 heavy (non-hydrogen) atoms. The summed E-state index contributed by atoms with van der Waals surface area (Å²) in [5.41, 5.74) is 0.578. The molecule has 0 radical (unpaired) electrons. The van der Waals surface area contributed by atoms with Crippen LogP contribution >= 0.6 is 0 Å². The molecule has 1 amide bonds. The van der Waals surface area contributed by atoms with E-state index in [0.717, 1.165) is 37.8 Å². The van der Waals surface area contributed by atoms with Crippen molar-refractivity contribution in [1.29, 1.82) is 0 Å². The Morgan fingerprint density at radius 1 is 1.04 bits per heavy atom. The van der Waals surface area contributed by atoms with Gasteiger partial charge in [0.05, 0.1) is 0 Å². The second-order valence-electron chi connectivity index (χ2n) is 5.51. The van der Waals surface area contributed by atoms with E-state index in [2.05, 4.69) is 20.8 Å². The third-order valence-corrected chi connectivity index (χ3v) is 3.78. The van der Waals surface area contributed by atoms with Crippen LogP contribution in [0.3, 0.4) is 0 Å². The van der Waals surface area contributed by atoms with Crippen LogP contribution in [0.15, 0.2) is 30.3 Å². The Hall–Kier alpha value is -2.57. The molecule has 1 aliphatic carbocycles. The summed E-state index contributed by atoms with van der Waals surface area (Å²) < 4.78 is 26.0. The number of nitrogens with one attached hydrogen (secondary N) is 2. The number of benzene rings is 1. The van der Waals surface area contributed by atoms with Crippen molar-refractivity contribution >= 4 is 17.4 Å². The third kappa shape index (κ3) is 3.80. The molecule has 7 heteroatoms. The molecule has 120 valence electrons. The average Bonchev–Trinajstić information content (AvgIpc) is 3.04. The molecule has 1 aliphatic rings. The topological polar surface area (TPSA) is 66.9 Å². The Morgan fingerprint density at radius 2 is 1.83 bits per heavy atom. The Bertz CT molecular complexity index is 700. The number of aromatic nitrogens is 2. The van der Waals surface area contributed by atoms with Crippen LogP contribution in [0, 0.1) is 11.6 Å². The van der Waals surface area contributed by atoms with Crippen molar-refractivity contribution < 1.29 is 13.6 Å². The standard InChI is InChI=1S/C16H16F2N4O/c17-12-6-5-11(9-13(12)18)19-15-8-7-14(21-22-15)16(23)20-10-3-1-2-4-10/h5-10H,1-4H2,(H,19,22)(H,20,23). The van der Waals surface area contributed by atoms with Gasteiger partial charge in [0.1, 0.15) is 0 Å². The fourth-order valence-electron chi connectivity index (χ4n) is 2.57. The second-order valence-corrected chi connectivity index (χ2v) is 5.51. The number of nitrogens with zero attached hydrogens (tertiary/aromatic N) is 2. The minimum Gasteiger partial charge on any atom is -0.348 e. The van der Waals surface area contributed by atoms with Gasteiger partial charge < -0.3 is 10.6 Å². The molecule has 1 fully saturated rings. The maximum absolute atomic E-state index is 13.1. The van der Waals surface area contributed by atoms with E-state index in [1.807, 2.05) is 0 Å². The molecule has 0 atom stereocenters. The first kappa shape index (κ1) is 15.3. The van der Waals surface area contributed by atoms with Gasteiger partial charge in [-0.25, -0.2) is 8.78 Å². The van der Waals surface area contributed by atoms with Gasteiger partial charge >= 0.3 is 0 Å². The van der Waals surface area contributed by atoms with Crippen molar-refractivity contribution in [2.45, 2.75) is 31.7 Å². The van der Waals surface area contributed by atoms with Crippen LogP contribution in [-0.4, -0.2) is 22.1 Å². The molecule has 0 saturated heterocycles. The highest BCUT2D eigenvalue weighted by Crippen LogP contribution is 2.19. The van der Waals surface area contributed by atoms with Crippen LogP contribution in [0.25, 0.3) is 0 Å². The molecule has 0 spiro atoms. The van der Waals surface area contributed by atoms with Crippen molar-refractivity contribution in [2.75, 3.05) is 5.32 Å². The van der Waals surface area contributed by atoms with Gasteiger partial charge in [-0.15, -0.1) is 10.2 Å². The molecular weight excluding hydrogens is 302 g/mol. The van der Waals surface area contributed by atoms with E-state index in [-0.39, 0.29) is 17.6 Å². The molecule has 1 aromatic carbocycles. The molecule has 1 aromatic heterocycles. The van der Waals surface area contributed by atoms with E-state index >= 15 is 0 Å². The lowest BCUT2D eigenvalue weighted by Crippen LogP contribution is -2.33. The van der Waals surface area contributed by atoms with Crippen molar-refractivity contribution in [3.8, 4) is 0 Å². The van der Waals surface area contributed by atoms with E-state index in [1.54, 1.807) is 12.1 Å². The van der Waals surface area contributed by atoms with E-state index < -0.39 is 11.6 Å². The summed E-state index contributed by atoms with van der Waals surface area (Å²) in [6.07, 6.45) is 4.26. The zero-order valence-electron chi connectivity index (χ0n) is 12.4. The number of hydrogen-bond donors (Lipinski definition) is 2. The molecule has 0 aliphatic heterocycles. The number of carbonyl (C=O) groups excluding carboxylic acids is 1. The van der Waals surface area contributed by atoms with Crippen molar-refractivity contribution in [2.24, 2.45) is 0 Å². The highest BCUT2D eigenvalue weighted by molar-refractivity contribution is 5.92. The molecule has 1 heterocycles. The number of hydrogen-bond acceptors (Lipinski definition) is 4. The summed E-state index contributed by atoms with van der Waals surface area (Å²) in [5, 5.41) is 13.5. The average molecular weight is 318 g/mol. The summed E-state index contributed by atoms with van der Waals surface area (Å²) in [5.74, 6) is -1.77. The minimum absolute atomic E-state index is 0.212. The molecule has 0 unspecified atom stereocenters. The summed E-state index contributed by atoms with van der Waals surface area (Å²) in [4.78, 5) is 12.0. The van der Waals surface area contributed by atoms with Crippen molar-refractivity contribution in [1.82, 2.24) is 15.5 Å². The van der Waals surface area contributed by atoms with Gasteiger partial charge in [-0.2, -0.15) is 0 Å². The molecule has 5 nitrogen and oxygen atoms in total. The first-order valence-electron chi connectivity index (χ1n) is 7.48. The van der Waals surface area contributed by atoms with Crippen LogP contribution < -0.4 is 10.6 Å². The zero-order valence-corrected chi connectivity index (χ0v) is 12.4. The monoisotopic (exact) mass is 318 g/mol. The van der Waals surface area contributed by atoms with E-state index in [4.69, 9.17) is 0 Å². The summed E-state index contributed by atoms with van der Waals surface area (Å²) in [7, 11) is 0. The first-order chi connectivity index (χ1) is 11.1. The minimum atomic E-state index is -0.949. The van der Waals surface area contributed by atoms with Crippen LogP contribution in [0.1, 0.15) is 36.2 Å². The van der Waals surface area contributed by atoms with Gasteiger partial charge in [0, 0.05) is 17.8 Å². The van der Waals surface area contributed by atoms with Crippen LogP contribution in [0.2, 0.25) is 0 Å². The first-order valence-corrected chi connectivity index (χ1v) is 7.48. The van der Waals surface area contributed by atoms with Gasteiger partial charge in [0.2, 0.25) is 0 Å². The van der Waals surface area contributed by atoms with Crippen molar-refractivity contribution in [3.63, 3.8) is 0 Å². The van der Waals surface area contributed by atoms with Crippen LogP contribution in [0.5, 0.6) is 0 Å². The number of carbonyl (C=O) groups is 1. The molecule has 2 N–H and O–H groups in total. The number of anilines is 2. The highest BCUT2D eigenvalue weighted by Gasteiger charge is 2.18. The third-order valence-electron chi connectivity index (χ3n) is 3.78. The maximum atomic E-state index is 13.1. The van der Waals surface area contributed by atoms with Gasteiger partial charge in [-0.3, -0.25) is 4.79 Å². The van der Waals surface area contributed by atoms with E-state index in [0.29, 0.717) is 11.5 Å². The zero-order chi connectivity index (χ0) is 16.2.